The smallest absolute Gasteiger partial charge is 0.270 e. The Kier molecular flexibility index (Phi) is 5.97. The molecule has 0 aromatic heterocycles. The highest BCUT2D eigenvalue weighted by Gasteiger charge is 2.18. The number of non-ortho nitro benzene ring substituents is 1. The maximum absolute atomic E-state index is 11.0. The number of thiocarbonyl (C=S) groups is 1. The second-order valence-corrected chi connectivity index (χ2v) is 6.19. The van der Waals surface area contributed by atoms with Crippen LogP contribution in [0.2, 0.25) is 0 Å². The van der Waals surface area contributed by atoms with Gasteiger partial charge in [0.25, 0.3) is 5.69 Å². The fourth-order valence-electron chi connectivity index (χ4n) is 2.26. The van der Waals surface area contributed by atoms with Crippen LogP contribution in [0.5, 0.6) is 0 Å². The minimum absolute atomic E-state index is 0.00788. The first-order chi connectivity index (χ1) is 11.5. The molecule has 0 aliphatic carbocycles. The number of anilines is 1. The van der Waals surface area contributed by atoms with Crippen LogP contribution < -0.4 is 5.01 Å². The van der Waals surface area contributed by atoms with Crippen LogP contribution >= 0.6 is 23.2 Å². The monoisotopic (exact) mass is 361 g/mol. The zero-order valence-corrected chi connectivity index (χ0v) is 14.7. The van der Waals surface area contributed by atoms with Gasteiger partial charge < -0.3 is 5.11 Å². The molecular formula is C16H15N3O3S2. The van der Waals surface area contributed by atoms with Crippen LogP contribution in [0.25, 0.3) is 11.1 Å². The van der Waals surface area contributed by atoms with Gasteiger partial charge in [0, 0.05) is 36.1 Å². The lowest BCUT2D eigenvalue weighted by Crippen LogP contribution is -2.41. The third-order valence-corrected chi connectivity index (χ3v) is 3.90. The lowest BCUT2D eigenvalue weighted by atomic mass is 10.0. The fourth-order valence-corrected chi connectivity index (χ4v) is 2.91. The highest BCUT2D eigenvalue weighted by molar-refractivity contribution is 8.04. The first-order valence-electron chi connectivity index (χ1n) is 6.87. The fraction of sp³-hybridized carbons (Fsp3) is 0.125. The first kappa shape index (κ1) is 18.0. The van der Waals surface area contributed by atoms with E-state index in [1.54, 1.807) is 36.2 Å². The molecule has 0 saturated carbocycles. The molecule has 6 nitrogen and oxygen atoms in total. The van der Waals surface area contributed by atoms with Crippen LogP contribution in [-0.2, 0) is 0 Å². The molecule has 0 spiro atoms. The van der Waals surface area contributed by atoms with E-state index in [1.807, 2.05) is 24.3 Å². The second-order valence-electron chi connectivity index (χ2n) is 4.95. The summed E-state index contributed by atoms with van der Waals surface area (Å²) < 4.78 is 2.41. The summed E-state index contributed by atoms with van der Waals surface area (Å²) in [4.78, 5) is 10.6. The Morgan fingerprint density at radius 1 is 1.25 bits per heavy atom. The average molecular weight is 361 g/mol. The Morgan fingerprint density at radius 2 is 1.96 bits per heavy atom. The average Bonchev–Trinajstić information content (AvgIpc) is 2.55. The van der Waals surface area contributed by atoms with Crippen molar-refractivity contribution in [2.75, 3.05) is 19.1 Å². The number of benzene rings is 2. The predicted molar refractivity (Wildman–Crippen MR) is 103 cm³/mol. The van der Waals surface area contributed by atoms with Gasteiger partial charge in [0.15, 0.2) is 0 Å². The summed E-state index contributed by atoms with van der Waals surface area (Å²) in [7, 11) is 4.42. The molecule has 0 fully saturated rings. The van der Waals surface area contributed by atoms with E-state index in [9.17, 15) is 15.2 Å². The molecule has 0 radical (unpaired) electrons. The van der Waals surface area contributed by atoms with E-state index in [0.29, 0.717) is 11.3 Å². The highest BCUT2D eigenvalue weighted by atomic mass is 32.1. The van der Waals surface area contributed by atoms with E-state index in [0.717, 1.165) is 16.5 Å². The number of nitro benzene ring substituents is 1. The number of aliphatic hydroxyl groups is 1. The van der Waals surface area contributed by atoms with Crippen molar-refractivity contribution in [1.29, 1.82) is 0 Å². The van der Waals surface area contributed by atoms with E-state index >= 15 is 0 Å². The Balaban J connectivity index is 2.66. The number of rotatable bonds is 4. The van der Waals surface area contributed by atoms with Gasteiger partial charge in [0.2, 0.25) is 5.17 Å². The van der Waals surface area contributed by atoms with Crippen LogP contribution in [0.1, 0.15) is 0 Å². The Morgan fingerprint density at radius 3 is 2.58 bits per heavy atom. The van der Waals surface area contributed by atoms with Gasteiger partial charge in [-0.2, -0.15) is 0 Å². The van der Waals surface area contributed by atoms with Crippen LogP contribution in [-0.4, -0.2) is 38.6 Å². The lowest BCUT2D eigenvalue weighted by molar-refractivity contribution is -0.384. The Hall–Kier alpha value is -2.35. The third-order valence-electron chi connectivity index (χ3n) is 3.21. The van der Waals surface area contributed by atoms with Crippen LogP contribution in [0, 0.1) is 10.1 Å². The van der Waals surface area contributed by atoms with Gasteiger partial charge in [-0.3, -0.25) is 10.1 Å². The molecule has 1 N–H and O–H groups in total. The number of nitro groups is 1. The maximum atomic E-state index is 11.0. The van der Waals surface area contributed by atoms with Crippen molar-refractivity contribution in [2.24, 2.45) is 0 Å². The van der Waals surface area contributed by atoms with Gasteiger partial charge in [0.05, 0.1) is 10.6 Å². The minimum Gasteiger partial charge on any atom is -0.337 e. The van der Waals surface area contributed by atoms with Crippen molar-refractivity contribution in [2.45, 2.75) is 0 Å². The summed E-state index contributed by atoms with van der Waals surface area (Å²) in [5.74, 6) is 0. The Labute approximate surface area is 148 Å². The molecule has 2 rings (SSSR count). The molecule has 0 aliphatic rings. The van der Waals surface area contributed by atoms with Crippen molar-refractivity contribution in [3.8, 4) is 11.1 Å². The van der Waals surface area contributed by atoms with Gasteiger partial charge in [-0.1, -0.05) is 30.3 Å². The molecule has 8 heteroatoms. The number of hydrazine groups is 1. The lowest BCUT2D eigenvalue weighted by Gasteiger charge is -2.30. The van der Waals surface area contributed by atoms with E-state index in [-0.39, 0.29) is 10.9 Å². The normalized spacial score (nSPS) is 10.2. The van der Waals surface area contributed by atoms with Crippen molar-refractivity contribution in [3.63, 3.8) is 0 Å². The molecular weight excluding hydrogens is 346 g/mol. The molecule has 2 aromatic carbocycles. The SMILES string of the molecule is CN(C)N(C(O)=S=C=S)c1ccccc1-c1cccc([N+](=O)[O-])c1. The van der Waals surface area contributed by atoms with Crippen molar-refractivity contribution in [3.05, 3.63) is 58.6 Å². The van der Waals surface area contributed by atoms with Gasteiger partial charge in [-0.15, -0.1) is 0 Å². The summed E-state index contributed by atoms with van der Waals surface area (Å²) in [6, 6.07) is 13.7. The second kappa shape index (κ2) is 7.96. The summed E-state index contributed by atoms with van der Waals surface area (Å²) in [6.07, 6.45) is 0. The number of hydrogen-bond donors (Lipinski definition) is 1. The number of nitrogens with zero attached hydrogens (tertiary/aromatic N) is 3. The molecule has 0 saturated heterocycles. The standard InChI is InChI=1S/C16H15N3O3S2/c1-17(2)18(16(20)24-11-23)15-9-4-3-8-14(15)12-6-5-7-13(10-12)19(21)22/h3-10,20H,1-2H3. The van der Waals surface area contributed by atoms with Gasteiger partial charge in [-0.05, 0) is 34.8 Å². The van der Waals surface area contributed by atoms with Crippen molar-refractivity contribution in [1.82, 2.24) is 5.01 Å². The third kappa shape index (κ3) is 3.94. The van der Waals surface area contributed by atoms with E-state index in [1.165, 1.54) is 12.1 Å². The topological polar surface area (TPSA) is 69.8 Å². The zero-order chi connectivity index (χ0) is 17.7. The van der Waals surface area contributed by atoms with Crippen LogP contribution in [0.3, 0.4) is 0 Å². The molecule has 0 heterocycles. The molecule has 0 amide bonds. The van der Waals surface area contributed by atoms with Crippen LogP contribution in [0.15, 0.2) is 48.5 Å². The summed E-state index contributed by atoms with van der Waals surface area (Å²) >= 11 is 4.67. The predicted octanol–water partition coefficient (Wildman–Crippen LogP) is 3.76. The van der Waals surface area contributed by atoms with Crippen molar-refractivity contribution < 1.29 is 10.0 Å². The van der Waals surface area contributed by atoms with E-state index in [2.05, 4.69) is 16.5 Å². The van der Waals surface area contributed by atoms with Crippen LogP contribution in [0.4, 0.5) is 11.4 Å². The highest BCUT2D eigenvalue weighted by Crippen LogP contribution is 2.33. The maximum Gasteiger partial charge on any atom is 0.270 e. The van der Waals surface area contributed by atoms with Gasteiger partial charge >= 0.3 is 0 Å². The molecule has 0 unspecified atom stereocenters. The Bertz CT molecular complexity index is 857. The summed E-state index contributed by atoms with van der Waals surface area (Å²) in [6.45, 7) is 0. The van der Waals surface area contributed by atoms with Gasteiger partial charge in [-0.25, -0.2) is 10.0 Å². The zero-order valence-electron chi connectivity index (χ0n) is 13.0. The first-order valence-corrected chi connectivity index (χ1v) is 8.09. The van der Waals surface area contributed by atoms with E-state index in [4.69, 9.17) is 0 Å². The largest absolute Gasteiger partial charge is 0.337 e. The molecule has 24 heavy (non-hydrogen) atoms. The number of hydrogen-bond acceptors (Lipinski definition) is 4. The summed E-state index contributed by atoms with van der Waals surface area (Å²) in [5, 5.41) is 24.5. The molecule has 0 aliphatic heterocycles. The summed E-state index contributed by atoms with van der Waals surface area (Å²) in [5.41, 5.74) is 2.09. The molecule has 0 atom stereocenters. The minimum atomic E-state index is -0.434. The molecule has 124 valence electrons. The number of aliphatic hydroxyl groups excluding tert-OH is 1. The van der Waals surface area contributed by atoms with Gasteiger partial charge in [0.1, 0.15) is 0 Å². The molecule has 0 bridgehead atoms. The van der Waals surface area contributed by atoms with Crippen molar-refractivity contribution >= 4 is 44.0 Å². The molecule has 2 aromatic rings. The quantitative estimate of drug-likeness (QED) is 0.508. The van der Waals surface area contributed by atoms with E-state index < -0.39 is 4.92 Å². The number of para-hydroxylation sites is 1.